The summed E-state index contributed by atoms with van der Waals surface area (Å²) in [5, 5.41) is 4.08. The van der Waals surface area contributed by atoms with Crippen LogP contribution in [-0.2, 0) is 26.2 Å². The number of likely N-dealkylation sites (tertiary alicyclic amines) is 1. The first-order chi connectivity index (χ1) is 11.2. The molecule has 1 unspecified atom stereocenters. The summed E-state index contributed by atoms with van der Waals surface area (Å²) in [6.45, 7) is 9.43. The number of aromatic nitrogens is 1. The third-order valence-corrected chi connectivity index (χ3v) is 4.99. The molecule has 0 N–H and O–H groups in total. The third kappa shape index (κ3) is 2.63. The Labute approximate surface area is 141 Å². The number of carbonyl (C=O) groups is 1. The van der Waals surface area contributed by atoms with Crippen molar-refractivity contribution in [3.63, 3.8) is 0 Å². The lowest BCUT2D eigenvalue weighted by Gasteiger charge is -2.44. The standard InChI is InChI=1S/C17H25FN2O4/c1-5-23-14(21)17(18)9-20(8-16(17)10-22-11-16)6-13-12(7-24-19-13)15(2,3)4/h7H,5-6,8-11H2,1-4H3. The lowest BCUT2D eigenvalue weighted by atomic mass is 9.74. The molecular weight excluding hydrogens is 315 g/mol. The Hall–Kier alpha value is -1.47. The minimum atomic E-state index is -2.03. The largest absolute Gasteiger partial charge is 0.464 e. The van der Waals surface area contributed by atoms with Crippen molar-refractivity contribution in [3.8, 4) is 0 Å². The van der Waals surface area contributed by atoms with Gasteiger partial charge in [-0.3, -0.25) is 4.90 Å². The molecule has 0 radical (unpaired) electrons. The molecule has 6 nitrogen and oxygen atoms in total. The minimum Gasteiger partial charge on any atom is -0.464 e. The topological polar surface area (TPSA) is 64.8 Å². The van der Waals surface area contributed by atoms with Gasteiger partial charge in [0.1, 0.15) is 12.0 Å². The van der Waals surface area contributed by atoms with E-state index >= 15 is 4.39 Å². The zero-order valence-corrected chi connectivity index (χ0v) is 14.7. The second kappa shape index (κ2) is 5.81. The number of nitrogens with zero attached hydrogens (tertiary/aromatic N) is 2. The first-order valence-electron chi connectivity index (χ1n) is 8.32. The Kier molecular flexibility index (Phi) is 4.20. The number of halogens is 1. The maximum atomic E-state index is 15.6. The van der Waals surface area contributed by atoms with Crippen molar-refractivity contribution in [3.05, 3.63) is 17.5 Å². The van der Waals surface area contributed by atoms with Gasteiger partial charge in [0.05, 0.1) is 25.2 Å². The number of esters is 1. The molecule has 0 saturated carbocycles. The van der Waals surface area contributed by atoms with Gasteiger partial charge in [0.15, 0.2) is 0 Å². The molecule has 1 atom stereocenters. The van der Waals surface area contributed by atoms with Crippen molar-refractivity contribution in [2.24, 2.45) is 5.41 Å². The highest BCUT2D eigenvalue weighted by atomic mass is 19.1. The Morgan fingerprint density at radius 1 is 1.42 bits per heavy atom. The van der Waals surface area contributed by atoms with Crippen LogP contribution in [-0.4, -0.2) is 54.6 Å². The second-order valence-corrected chi connectivity index (χ2v) is 7.86. The lowest BCUT2D eigenvalue weighted by Crippen LogP contribution is -2.61. The first-order valence-corrected chi connectivity index (χ1v) is 8.32. The van der Waals surface area contributed by atoms with Crippen LogP contribution in [0.25, 0.3) is 0 Å². The SMILES string of the molecule is CCOC(=O)C1(F)CN(Cc2nocc2C(C)(C)C)CC12COC2. The van der Waals surface area contributed by atoms with Crippen LogP contribution < -0.4 is 0 Å². The van der Waals surface area contributed by atoms with E-state index < -0.39 is 17.1 Å². The summed E-state index contributed by atoms with van der Waals surface area (Å²) in [7, 11) is 0. The third-order valence-electron chi connectivity index (χ3n) is 4.99. The maximum Gasteiger partial charge on any atom is 0.346 e. The molecular formula is C17H25FN2O4. The van der Waals surface area contributed by atoms with Crippen LogP contribution in [0.4, 0.5) is 4.39 Å². The van der Waals surface area contributed by atoms with E-state index in [0.717, 1.165) is 11.3 Å². The molecule has 3 rings (SSSR count). The van der Waals surface area contributed by atoms with Gasteiger partial charge in [-0.15, -0.1) is 0 Å². The van der Waals surface area contributed by atoms with Crippen molar-refractivity contribution < 1.29 is 23.2 Å². The number of ether oxygens (including phenoxy) is 2. The van der Waals surface area contributed by atoms with Gasteiger partial charge in [0.2, 0.25) is 5.67 Å². The molecule has 1 aromatic rings. The van der Waals surface area contributed by atoms with E-state index in [2.05, 4.69) is 25.9 Å². The predicted molar refractivity (Wildman–Crippen MR) is 84.2 cm³/mol. The molecule has 2 saturated heterocycles. The smallest absolute Gasteiger partial charge is 0.346 e. The predicted octanol–water partition coefficient (Wildman–Crippen LogP) is 2.08. The average molecular weight is 340 g/mol. The molecule has 0 bridgehead atoms. The van der Waals surface area contributed by atoms with Gasteiger partial charge in [-0.05, 0) is 12.3 Å². The molecule has 0 amide bonds. The summed E-state index contributed by atoms with van der Waals surface area (Å²) in [6.07, 6.45) is 1.64. The summed E-state index contributed by atoms with van der Waals surface area (Å²) in [5.41, 5.74) is -1.18. The number of carbonyl (C=O) groups excluding carboxylic acids is 1. The number of hydrogen-bond acceptors (Lipinski definition) is 6. The average Bonchev–Trinajstić information content (AvgIpc) is 3.01. The zero-order valence-electron chi connectivity index (χ0n) is 14.7. The Morgan fingerprint density at radius 3 is 2.67 bits per heavy atom. The van der Waals surface area contributed by atoms with E-state index in [4.69, 9.17) is 14.0 Å². The normalized spacial score (nSPS) is 26.5. The number of hydrogen-bond donors (Lipinski definition) is 0. The summed E-state index contributed by atoms with van der Waals surface area (Å²) >= 11 is 0. The number of alkyl halides is 1. The fourth-order valence-electron chi connectivity index (χ4n) is 3.59. The quantitative estimate of drug-likeness (QED) is 0.782. The van der Waals surface area contributed by atoms with Crippen LogP contribution in [0.2, 0.25) is 0 Å². The van der Waals surface area contributed by atoms with Gasteiger partial charge < -0.3 is 14.0 Å². The summed E-state index contributed by atoms with van der Waals surface area (Å²) in [5.74, 6) is -0.785. The van der Waals surface area contributed by atoms with Crippen LogP contribution in [0.5, 0.6) is 0 Å². The summed E-state index contributed by atoms with van der Waals surface area (Å²) in [6, 6.07) is 0. The highest BCUT2D eigenvalue weighted by Crippen LogP contribution is 2.49. The second-order valence-electron chi connectivity index (χ2n) is 7.86. The molecule has 1 spiro atoms. The van der Waals surface area contributed by atoms with Gasteiger partial charge in [-0.1, -0.05) is 25.9 Å². The van der Waals surface area contributed by atoms with Crippen LogP contribution in [0.1, 0.15) is 39.0 Å². The van der Waals surface area contributed by atoms with Crippen molar-refractivity contribution in [1.29, 1.82) is 0 Å². The van der Waals surface area contributed by atoms with E-state index in [-0.39, 0.29) is 31.8 Å². The van der Waals surface area contributed by atoms with Crippen molar-refractivity contribution in [2.75, 3.05) is 32.9 Å². The Bertz CT molecular complexity index is 620. The van der Waals surface area contributed by atoms with Gasteiger partial charge in [0, 0.05) is 25.2 Å². The van der Waals surface area contributed by atoms with Gasteiger partial charge in [-0.25, -0.2) is 9.18 Å². The van der Waals surface area contributed by atoms with Crippen LogP contribution in [0, 0.1) is 5.41 Å². The molecule has 134 valence electrons. The minimum absolute atomic E-state index is 0.00830. The highest BCUT2D eigenvalue weighted by molar-refractivity contribution is 5.82. The zero-order chi connectivity index (χ0) is 17.6. The summed E-state index contributed by atoms with van der Waals surface area (Å²) in [4.78, 5) is 14.1. The Morgan fingerprint density at radius 2 is 2.12 bits per heavy atom. The van der Waals surface area contributed by atoms with Crippen molar-refractivity contribution in [1.82, 2.24) is 10.1 Å². The fourth-order valence-corrected chi connectivity index (χ4v) is 3.59. The van der Waals surface area contributed by atoms with E-state index in [0.29, 0.717) is 13.1 Å². The molecule has 7 heteroatoms. The van der Waals surface area contributed by atoms with Gasteiger partial charge in [-0.2, -0.15) is 0 Å². The van der Waals surface area contributed by atoms with E-state index in [1.165, 1.54) is 0 Å². The van der Waals surface area contributed by atoms with Gasteiger partial charge in [0.25, 0.3) is 0 Å². The molecule has 0 aromatic carbocycles. The van der Waals surface area contributed by atoms with Crippen LogP contribution in [0.3, 0.4) is 0 Å². The molecule has 2 aliphatic heterocycles. The molecule has 2 fully saturated rings. The van der Waals surface area contributed by atoms with Crippen molar-refractivity contribution in [2.45, 2.75) is 45.3 Å². The van der Waals surface area contributed by atoms with Crippen LogP contribution in [0.15, 0.2) is 10.8 Å². The van der Waals surface area contributed by atoms with E-state index in [1.807, 2.05) is 4.90 Å². The first kappa shape index (κ1) is 17.4. The van der Waals surface area contributed by atoms with E-state index in [9.17, 15) is 4.79 Å². The highest BCUT2D eigenvalue weighted by Gasteiger charge is 2.67. The molecule has 3 heterocycles. The van der Waals surface area contributed by atoms with Gasteiger partial charge >= 0.3 is 5.97 Å². The fraction of sp³-hybridized carbons (Fsp3) is 0.765. The monoisotopic (exact) mass is 340 g/mol. The molecule has 2 aliphatic rings. The maximum absolute atomic E-state index is 15.6. The van der Waals surface area contributed by atoms with Crippen LogP contribution >= 0.6 is 0 Å². The molecule has 1 aromatic heterocycles. The molecule has 24 heavy (non-hydrogen) atoms. The molecule has 0 aliphatic carbocycles. The Balaban J connectivity index is 1.80. The number of rotatable bonds is 4. The van der Waals surface area contributed by atoms with Crippen molar-refractivity contribution >= 4 is 5.97 Å². The summed E-state index contributed by atoms with van der Waals surface area (Å²) < 4.78 is 30.9. The van der Waals surface area contributed by atoms with E-state index in [1.54, 1.807) is 13.2 Å². The lowest BCUT2D eigenvalue weighted by molar-refractivity contribution is -0.196.